The van der Waals surface area contributed by atoms with Crippen LogP contribution in [0.25, 0.3) is 0 Å². The van der Waals surface area contributed by atoms with E-state index in [1.165, 1.54) is 12.8 Å². The predicted molar refractivity (Wildman–Crippen MR) is 68.3 cm³/mol. The SMILES string of the molecule is COc1ccc2c(c1)C(=O)CC(C)(CC1CC1)O2. The predicted octanol–water partition coefficient (Wildman–Crippen LogP) is 3.22. The Morgan fingerprint density at radius 2 is 2.22 bits per heavy atom. The van der Waals surface area contributed by atoms with E-state index >= 15 is 0 Å². The van der Waals surface area contributed by atoms with Gasteiger partial charge in [0, 0.05) is 0 Å². The largest absolute Gasteiger partial charge is 0.497 e. The van der Waals surface area contributed by atoms with Crippen molar-refractivity contribution in [2.24, 2.45) is 5.92 Å². The Balaban J connectivity index is 1.89. The van der Waals surface area contributed by atoms with E-state index in [-0.39, 0.29) is 11.4 Å². The van der Waals surface area contributed by atoms with Gasteiger partial charge in [0.15, 0.2) is 5.78 Å². The Morgan fingerprint density at radius 1 is 1.44 bits per heavy atom. The Bertz CT molecular complexity index is 491. The summed E-state index contributed by atoms with van der Waals surface area (Å²) in [6.45, 7) is 2.05. The molecule has 2 aliphatic rings. The van der Waals surface area contributed by atoms with Crippen molar-refractivity contribution in [3.8, 4) is 11.5 Å². The van der Waals surface area contributed by atoms with Gasteiger partial charge in [0.05, 0.1) is 19.1 Å². The lowest BCUT2D eigenvalue weighted by atomic mass is 9.87. The van der Waals surface area contributed by atoms with Crippen LogP contribution in [0.15, 0.2) is 18.2 Å². The lowest BCUT2D eigenvalue weighted by molar-refractivity contribution is 0.0434. The average Bonchev–Trinajstić information content (AvgIpc) is 3.12. The number of carbonyl (C=O) groups excluding carboxylic acids is 1. The van der Waals surface area contributed by atoms with E-state index in [0.29, 0.717) is 23.5 Å². The van der Waals surface area contributed by atoms with Gasteiger partial charge in [-0.15, -0.1) is 0 Å². The minimum Gasteiger partial charge on any atom is -0.497 e. The van der Waals surface area contributed by atoms with Gasteiger partial charge < -0.3 is 9.47 Å². The van der Waals surface area contributed by atoms with Gasteiger partial charge in [-0.1, -0.05) is 12.8 Å². The first-order valence-corrected chi connectivity index (χ1v) is 6.50. The van der Waals surface area contributed by atoms with Crippen molar-refractivity contribution in [1.82, 2.24) is 0 Å². The molecule has 1 aromatic carbocycles. The second-order valence-electron chi connectivity index (χ2n) is 5.66. The third kappa shape index (κ3) is 2.09. The van der Waals surface area contributed by atoms with Crippen LogP contribution in [-0.4, -0.2) is 18.5 Å². The molecule has 0 amide bonds. The molecule has 1 aliphatic heterocycles. The molecular formula is C15H18O3. The van der Waals surface area contributed by atoms with Gasteiger partial charge in [-0.25, -0.2) is 0 Å². The van der Waals surface area contributed by atoms with Gasteiger partial charge in [0.2, 0.25) is 0 Å². The Kier molecular flexibility index (Phi) is 2.58. The maximum Gasteiger partial charge on any atom is 0.170 e. The quantitative estimate of drug-likeness (QED) is 0.821. The summed E-state index contributed by atoms with van der Waals surface area (Å²) >= 11 is 0. The maximum atomic E-state index is 12.2. The molecule has 0 N–H and O–H groups in total. The molecule has 1 heterocycles. The van der Waals surface area contributed by atoms with Crippen LogP contribution in [0.1, 0.15) is 43.0 Å². The van der Waals surface area contributed by atoms with Gasteiger partial charge in [0.25, 0.3) is 0 Å². The number of benzene rings is 1. The first kappa shape index (κ1) is 11.6. The third-order valence-corrected chi connectivity index (χ3v) is 3.80. The van der Waals surface area contributed by atoms with E-state index in [1.54, 1.807) is 13.2 Å². The maximum absolute atomic E-state index is 12.2. The number of ketones is 1. The van der Waals surface area contributed by atoms with E-state index in [9.17, 15) is 4.79 Å². The van der Waals surface area contributed by atoms with E-state index in [2.05, 4.69) is 6.92 Å². The van der Waals surface area contributed by atoms with Crippen molar-refractivity contribution >= 4 is 5.78 Å². The van der Waals surface area contributed by atoms with Crippen molar-refractivity contribution in [3.63, 3.8) is 0 Å². The number of ether oxygens (including phenoxy) is 2. The van der Waals surface area contributed by atoms with Crippen LogP contribution < -0.4 is 9.47 Å². The van der Waals surface area contributed by atoms with Gasteiger partial charge in [-0.2, -0.15) is 0 Å². The fourth-order valence-corrected chi connectivity index (χ4v) is 2.73. The lowest BCUT2D eigenvalue weighted by Crippen LogP contribution is -2.39. The molecule has 1 fully saturated rings. The summed E-state index contributed by atoms with van der Waals surface area (Å²) in [5, 5.41) is 0. The second-order valence-corrected chi connectivity index (χ2v) is 5.66. The summed E-state index contributed by atoms with van der Waals surface area (Å²) in [7, 11) is 1.60. The highest BCUT2D eigenvalue weighted by molar-refractivity contribution is 6.00. The molecule has 0 saturated heterocycles. The van der Waals surface area contributed by atoms with Gasteiger partial charge >= 0.3 is 0 Å². The number of hydrogen-bond donors (Lipinski definition) is 0. The van der Waals surface area contributed by atoms with Crippen molar-refractivity contribution in [3.05, 3.63) is 23.8 Å². The molecule has 96 valence electrons. The fourth-order valence-electron chi connectivity index (χ4n) is 2.73. The number of Topliss-reactive ketones (excluding diaryl/α,β-unsaturated/α-hetero) is 1. The molecular weight excluding hydrogens is 228 g/mol. The molecule has 0 spiro atoms. The molecule has 0 aromatic heterocycles. The lowest BCUT2D eigenvalue weighted by Gasteiger charge is -2.35. The van der Waals surface area contributed by atoms with Crippen LogP contribution in [0, 0.1) is 5.92 Å². The minimum atomic E-state index is -0.320. The Labute approximate surface area is 107 Å². The van der Waals surface area contributed by atoms with E-state index in [1.807, 2.05) is 12.1 Å². The Morgan fingerprint density at radius 3 is 2.89 bits per heavy atom. The van der Waals surface area contributed by atoms with Crippen molar-refractivity contribution in [2.45, 2.75) is 38.2 Å². The minimum absolute atomic E-state index is 0.165. The monoisotopic (exact) mass is 246 g/mol. The zero-order valence-corrected chi connectivity index (χ0v) is 10.9. The molecule has 0 bridgehead atoms. The van der Waals surface area contributed by atoms with Crippen LogP contribution in [0.4, 0.5) is 0 Å². The zero-order valence-electron chi connectivity index (χ0n) is 10.9. The number of methoxy groups -OCH3 is 1. The highest BCUT2D eigenvalue weighted by Gasteiger charge is 2.40. The first-order valence-electron chi connectivity index (χ1n) is 6.50. The zero-order chi connectivity index (χ0) is 12.8. The number of fused-ring (bicyclic) bond motifs is 1. The summed E-state index contributed by atoms with van der Waals surface area (Å²) in [5.41, 5.74) is 0.336. The second kappa shape index (κ2) is 4.01. The number of rotatable bonds is 3. The number of carbonyl (C=O) groups is 1. The molecule has 0 radical (unpaired) electrons. The topological polar surface area (TPSA) is 35.5 Å². The third-order valence-electron chi connectivity index (χ3n) is 3.80. The van der Waals surface area contributed by atoms with Crippen molar-refractivity contribution < 1.29 is 14.3 Å². The average molecular weight is 246 g/mol. The molecule has 1 unspecified atom stereocenters. The van der Waals surface area contributed by atoms with Crippen LogP contribution in [-0.2, 0) is 0 Å². The van der Waals surface area contributed by atoms with E-state index < -0.39 is 0 Å². The highest BCUT2D eigenvalue weighted by atomic mass is 16.5. The van der Waals surface area contributed by atoms with Gasteiger partial charge in [-0.3, -0.25) is 4.79 Å². The fraction of sp³-hybridized carbons (Fsp3) is 0.533. The summed E-state index contributed by atoms with van der Waals surface area (Å²) in [6.07, 6.45) is 4.03. The number of hydrogen-bond acceptors (Lipinski definition) is 3. The summed E-state index contributed by atoms with van der Waals surface area (Å²) in [5.74, 6) is 2.33. The molecule has 1 aromatic rings. The smallest absolute Gasteiger partial charge is 0.170 e. The van der Waals surface area contributed by atoms with E-state index in [0.717, 1.165) is 12.3 Å². The van der Waals surface area contributed by atoms with Crippen LogP contribution in [0.5, 0.6) is 11.5 Å². The van der Waals surface area contributed by atoms with Gasteiger partial charge in [-0.05, 0) is 37.5 Å². The molecule has 1 saturated carbocycles. The Hall–Kier alpha value is -1.51. The van der Waals surface area contributed by atoms with Crippen molar-refractivity contribution in [1.29, 1.82) is 0 Å². The van der Waals surface area contributed by atoms with Crippen LogP contribution >= 0.6 is 0 Å². The normalized spacial score (nSPS) is 26.4. The molecule has 3 heteroatoms. The van der Waals surface area contributed by atoms with Crippen molar-refractivity contribution in [2.75, 3.05) is 7.11 Å². The van der Waals surface area contributed by atoms with E-state index in [4.69, 9.17) is 9.47 Å². The van der Waals surface area contributed by atoms with Gasteiger partial charge in [0.1, 0.15) is 17.1 Å². The van der Waals surface area contributed by atoms with Crippen LogP contribution in [0.3, 0.4) is 0 Å². The highest BCUT2D eigenvalue weighted by Crippen LogP contribution is 2.43. The molecule has 1 aliphatic carbocycles. The molecule has 18 heavy (non-hydrogen) atoms. The summed E-state index contributed by atoms with van der Waals surface area (Å²) in [6, 6.07) is 5.46. The first-order chi connectivity index (χ1) is 8.59. The standard InChI is InChI=1S/C15H18O3/c1-15(8-10-3-4-10)9-13(16)12-7-11(17-2)5-6-14(12)18-15/h5-7,10H,3-4,8-9H2,1-2H3. The molecule has 1 atom stereocenters. The molecule has 3 rings (SSSR count). The summed E-state index contributed by atoms with van der Waals surface area (Å²) in [4.78, 5) is 12.2. The van der Waals surface area contributed by atoms with Crippen LogP contribution in [0.2, 0.25) is 0 Å². The summed E-state index contributed by atoms with van der Waals surface area (Å²) < 4.78 is 11.2. The molecule has 3 nitrogen and oxygen atoms in total.